The van der Waals surface area contributed by atoms with Crippen LogP contribution in [-0.4, -0.2) is 79.2 Å². The van der Waals surface area contributed by atoms with Crippen LogP contribution in [0.1, 0.15) is 27.2 Å². The van der Waals surface area contributed by atoms with Gasteiger partial charge in [-0.1, -0.05) is 13.8 Å². The van der Waals surface area contributed by atoms with Gasteiger partial charge in [0.25, 0.3) is 0 Å². The fourth-order valence-corrected chi connectivity index (χ4v) is 2.73. The lowest BCUT2D eigenvalue weighted by Crippen LogP contribution is -2.53. The van der Waals surface area contributed by atoms with E-state index in [1.165, 1.54) is 4.90 Å². The van der Waals surface area contributed by atoms with Crippen LogP contribution in [0.3, 0.4) is 0 Å². The molecule has 8 nitrogen and oxygen atoms in total. The molecule has 2 aliphatic rings. The average molecular weight is 341 g/mol. The van der Waals surface area contributed by atoms with Crippen LogP contribution in [0.2, 0.25) is 0 Å². The smallest absolute Gasteiger partial charge is 0.330 e. The van der Waals surface area contributed by atoms with Gasteiger partial charge in [0.15, 0.2) is 0 Å². The fraction of sp³-hybridized carbons (Fsp3) is 0.812. The molecule has 8 heteroatoms. The maximum atomic E-state index is 12.7. The van der Waals surface area contributed by atoms with Crippen molar-refractivity contribution in [2.24, 2.45) is 5.92 Å². The predicted octanol–water partition coefficient (Wildman–Crippen LogP) is 0.217. The van der Waals surface area contributed by atoms with E-state index in [-0.39, 0.29) is 24.5 Å². The minimum absolute atomic E-state index is 0.0881. The van der Waals surface area contributed by atoms with Crippen molar-refractivity contribution in [3.63, 3.8) is 0 Å². The second-order valence-corrected chi connectivity index (χ2v) is 6.49. The van der Waals surface area contributed by atoms with E-state index in [0.717, 1.165) is 0 Å². The van der Waals surface area contributed by atoms with Crippen LogP contribution in [0.25, 0.3) is 0 Å². The summed E-state index contributed by atoms with van der Waals surface area (Å²) in [6, 6.07) is -1.50. The van der Waals surface area contributed by atoms with Gasteiger partial charge in [0, 0.05) is 13.1 Å². The highest BCUT2D eigenvalue weighted by Crippen LogP contribution is 2.20. The van der Waals surface area contributed by atoms with Gasteiger partial charge in [0.2, 0.25) is 5.91 Å². The van der Waals surface area contributed by atoms with Crippen molar-refractivity contribution in [2.45, 2.75) is 39.3 Å². The minimum atomic E-state index is -0.584. The Hall–Kier alpha value is -1.83. The van der Waals surface area contributed by atoms with Crippen molar-refractivity contribution in [3.8, 4) is 0 Å². The summed E-state index contributed by atoms with van der Waals surface area (Å²) in [6.45, 7) is 8.48. The molecular formula is C16H27N3O5. The first-order valence-corrected chi connectivity index (χ1v) is 8.54. The van der Waals surface area contributed by atoms with Crippen molar-refractivity contribution in [1.82, 2.24) is 15.1 Å². The third-order valence-corrected chi connectivity index (χ3v) is 4.06. The molecule has 2 heterocycles. The van der Waals surface area contributed by atoms with Crippen molar-refractivity contribution in [2.75, 3.05) is 39.5 Å². The summed E-state index contributed by atoms with van der Waals surface area (Å²) in [5, 5.41) is 2.78. The Labute approximate surface area is 142 Å². The summed E-state index contributed by atoms with van der Waals surface area (Å²) in [5.74, 6) is -0.224. The van der Waals surface area contributed by atoms with Crippen LogP contribution in [0.4, 0.5) is 4.79 Å². The van der Waals surface area contributed by atoms with Gasteiger partial charge < -0.3 is 24.6 Å². The average Bonchev–Trinajstić information content (AvgIpc) is 3.35. The molecule has 0 aliphatic carbocycles. The highest BCUT2D eigenvalue weighted by atomic mass is 16.5. The topological polar surface area (TPSA) is 88.0 Å². The molecule has 0 radical (unpaired) electrons. The molecule has 2 atom stereocenters. The summed E-state index contributed by atoms with van der Waals surface area (Å²) >= 11 is 0. The molecule has 2 rings (SSSR count). The summed E-state index contributed by atoms with van der Waals surface area (Å²) in [6.07, 6.45) is 0.555. The zero-order chi connectivity index (χ0) is 17.7. The Morgan fingerprint density at radius 3 is 2.50 bits per heavy atom. The predicted molar refractivity (Wildman–Crippen MR) is 86.3 cm³/mol. The summed E-state index contributed by atoms with van der Waals surface area (Å²) < 4.78 is 10.2. The van der Waals surface area contributed by atoms with Gasteiger partial charge in [-0.2, -0.15) is 0 Å². The molecule has 24 heavy (non-hydrogen) atoms. The van der Waals surface area contributed by atoms with Crippen LogP contribution in [0, 0.1) is 5.92 Å². The Morgan fingerprint density at radius 2 is 1.92 bits per heavy atom. The summed E-state index contributed by atoms with van der Waals surface area (Å²) in [4.78, 5) is 39.7. The number of nitrogens with zero attached hydrogens (tertiary/aromatic N) is 2. The molecule has 136 valence electrons. The molecule has 2 aliphatic heterocycles. The van der Waals surface area contributed by atoms with E-state index < -0.39 is 18.1 Å². The number of nitrogens with one attached hydrogen (secondary N) is 1. The lowest BCUT2D eigenvalue weighted by Gasteiger charge is -2.31. The monoisotopic (exact) mass is 341 g/mol. The number of urea groups is 1. The van der Waals surface area contributed by atoms with E-state index in [4.69, 9.17) is 9.47 Å². The Morgan fingerprint density at radius 1 is 1.25 bits per heavy atom. The van der Waals surface area contributed by atoms with Crippen LogP contribution in [0.15, 0.2) is 0 Å². The first-order valence-electron chi connectivity index (χ1n) is 8.54. The molecule has 1 N–H and O–H groups in total. The lowest BCUT2D eigenvalue weighted by atomic mass is 10.0. The molecule has 0 aromatic rings. The third kappa shape index (κ3) is 4.83. The van der Waals surface area contributed by atoms with Gasteiger partial charge in [-0.15, -0.1) is 0 Å². The SMILES string of the molecule is CCOC(=O)[C@@H]1CN1C(=O)N[C@@H](CC(C)C)C(=O)N1CCOCC1. The van der Waals surface area contributed by atoms with E-state index in [0.29, 0.717) is 39.3 Å². The molecule has 0 unspecified atom stereocenters. The van der Waals surface area contributed by atoms with E-state index in [1.807, 2.05) is 13.8 Å². The van der Waals surface area contributed by atoms with Crippen LogP contribution < -0.4 is 5.32 Å². The van der Waals surface area contributed by atoms with Gasteiger partial charge >= 0.3 is 12.0 Å². The molecule has 0 spiro atoms. The van der Waals surface area contributed by atoms with Crippen LogP contribution in [0.5, 0.6) is 0 Å². The maximum Gasteiger partial charge on any atom is 0.330 e. The number of hydrogen-bond acceptors (Lipinski definition) is 5. The van der Waals surface area contributed by atoms with Gasteiger partial charge in [-0.25, -0.2) is 9.59 Å². The quantitative estimate of drug-likeness (QED) is 0.551. The zero-order valence-electron chi connectivity index (χ0n) is 14.6. The minimum Gasteiger partial charge on any atom is -0.464 e. The molecule has 2 saturated heterocycles. The molecule has 0 saturated carbocycles. The van der Waals surface area contributed by atoms with Crippen molar-refractivity contribution in [3.05, 3.63) is 0 Å². The third-order valence-electron chi connectivity index (χ3n) is 4.06. The summed E-state index contributed by atoms with van der Waals surface area (Å²) in [7, 11) is 0. The van der Waals surface area contributed by atoms with Crippen molar-refractivity contribution in [1.29, 1.82) is 0 Å². The second kappa shape index (κ2) is 8.32. The molecule has 2 fully saturated rings. The van der Waals surface area contributed by atoms with Crippen LogP contribution >= 0.6 is 0 Å². The van der Waals surface area contributed by atoms with Gasteiger partial charge in [-0.05, 0) is 19.3 Å². The van der Waals surface area contributed by atoms with Gasteiger partial charge in [0.05, 0.1) is 26.4 Å². The number of morpholine rings is 1. The highest BCUT2D eigenvalue weighted by molar-refractivity contribution is 5.92. The first-order chi connectivity index (χ1) is 11.4. The summed E-state index contributed by atoms with van der Waals surface area (Å²) in [5.41, 5.74) is 0. The van der Waals surface area contributed by atoms with E-state index in [2.05, 4.69) is 5.32 Å². The van der Waals surface area contributed by atoms with Gasteiger partial charge in [-0.3, -0.25) is 4.79 Å². The second-order valence-electron chi connectivity index (χ2n) is 6.49. The molecule has 0 aromatic heterocycles. The number of amides is 3. The maximum absolute atomic E-state index is 12.7. The largest absolute Gasteiger partial charge is 0.464 e. The van der Waals surface area contributed by atoms with Crippen LogP contribution in [-0.2, 0) is 19.1 Å². The van der Waals surface area contributed by atoms with E-state index in [9.17, 15) is 14.4 Å². The molecule has 0 bridgehead atoms. The number of carbonyl (C=O) groups excluding carboxylic acids is 3. The number of ether oxygens (including phenoxy) is 2. The van der Waals surface area contributed by atoms with E-state index in [1.54, 1.807) is 11.8 Å². The Balaban J connectivity index is 1.92. The standard InChI is InChI=1S/C16H27N3O5/c1-4-24-15(21)13-10-19(13)16(22)17-12(9-11(2)3)14(20)18-5-7-23-8-6-18/h11-13H,4-10H2,1-3H3,(H,17,22)/t12-,13-,19?/m0/s1. The Bertz CT molecular complexity index is 476. The molecular weight excluding hydrogens is 314 g/mol. The first kappa shape index (κ1) is 18.5. The number of carbonyl (C=O) groups is 3. The number of esters is 1. The molecule has 0 aromatic carbocycles. The van der Waals surface area contributed by atoms with Crippen molar-refractivity contribution >= 4 is 17.9 Å². The fourth-order valence-electron chi connectivity index (χ4n) is 2.73. The normalized spacial score (nSPS) is 21.4. The van der Waals surface area contributed by atoms with E-state index >= 15 is 0 Å². The lowest BCUT2D eigenvalue weighted by molar-refractivity contribution is -0.143. The van der Waals surface area contributed by atoms with Crippen molar-refractivity contribution < 1.29 is 23.9 Å². The molecule has 3 amide bonds. The number of hydrogen-bond donors (Lipinski definition) is 1. The number of rotatable bonds is 6. The zero-order valence-corrected chi connectivity index (χ0v) is 14.6. The Kier molecular flexibility index (Phi) is 6.42. The highest BCUT2D eigenvalue weighted by Gasteiger charge is 2.46. The van der Waals surface area contributed by atoms with Gasteiger partial charge in [0.1, 0.15) is 12.1 Å².